The van der Waals surface area contributed by atoms with Crippen LogP contribution in [0.3, 0.4) is 0 Å². The van der Waals surface area contributed by atoms with Gasteiger partial charge < -0.3 is 15.6 Å². The number of anilines is 1. The lowest BCUT2D eigenvalue weighted by molar-refractivity contribution is 0.415. The minimum Gasteiger partial charge on any atom is -0.497 e. The molecule has 0 amide bonds. The normalized spacial score (nSPS) is 10.7. The van der Waals surface area contributed by atoms with Crippen LogP contribution in [0, 0.1) is 0 Å². The Morgan fingerprint density at radius 3 is 2.50 bits per heavy atom. The van der Waals surface area contributed by atoms with E-state index in [-0.39, 0.29) is 5.88 Å². The Morgan fingerprint density at radius 1 is 1.05 bits per heavy atom. The van der Waals surface area contributed by atoms with Gasteiger partial charge in [0.1, 0.15) is 5.75 Å². The van der Waals surface area contributed by atoms with E-state index >= 15 is 0 Å². The zero-order chi connectivity index (χ0) is 14.1. The number of pyridine rings is 1. The second-order valence-electron chi connectivity index (χ2n) is 4.54. The van der Waals surface area contributed by atoms with E-state index in [1.54, 1.807) is 19.2 Å². The minimum absolute atomic E-state index is 0.0111. The number of hydrogen-bond acceptors (Lipinski definition) is 4. The fraction of sp³-hybridized carbons (Fsp3) is 0.0625. The molecule has 4 nitrogen and oxygen atoms in total. The van der Waals surface area contributed by atoms with Crippen molar-refractivity contribution in [1.82, 2.24) is 4.98 Å². The number of nitrogens with zero attached hydrogens (tertiary/aromatic N) is 1. The molecule has 0 fully saturated rings. The summed E-state index contributed by atoms with van der Waals surface area (Å²) in [6.07, 6.45) is 0. The number of hydrogen-bond donors (Lipinski definition) is 2. The lowest BCUT2D eigenvalue weighted by Gasteiger charge is -2.07. The molecule has 0 unspecified atom stereocenters. The van der Waals surface area contributed by atoms with Gasteiger partial charge in [-0.1, -0.05) is 12.1 Å². The molecule has 0 atom stereocenters. The Hall–Kier alpha value is -2.75. The number of fused-ring (bicyclic) bond motifs is 1. The first kappa shape index (κ1) is 12.3. The highest BCUT2D eigenvalue weighted by molar-refractivity contribution is 5.90. The predicted molar refractivity (Wildman–Crippen MR) is 79.8 cm³/mol. The van der Waals surface area contributed by atoms with Crippen molar-refractivity contribution in [3.05, 3.63) is 48.5 Å². The van der Waals surface area contributed by atoms with Gasteiger partial charge in [0.15, 0.2) is 0 Å². The molecule has 0 saturated heterocycles. The first-order chi connectivity index (χ1) is 9.67. The Balaban J connectivity index is 2.19. The van der Waals surface area contributed by atoms with Gasteiger partial charge >= 0.3 is 0 Å². The van der Waals surface area contributed by atoms with E-state index in [9.17, 15) is 5.11 Å². The van der Waals surface area contributed by atoms with Crippen molar-refractivity contribution in [2.24, 2.45) is 0 Å². The average Bonchev–Trinajstić information content (AvgIpc) is 2.47. The van der Waals surface area contributed by atoms with E-state index in [0.29, 0.717) is 16.8 Å². The van der Waals surface area contributed by atoms with Gasteiger partial charge in [-0.15, -0.1) is 0 Å². The average molecular weight is 266 g/mol. The summed E-state index contributed by atoms with van der Waals surface area (Å²) in [5.41, 5.74) is 7.97. The molecule has 0 spiro atoms. The summed E-state index contributed by atoms with van der Waals surface area (Å²) in [4.78, 5) is 4.23. The third-order valence-electron chi connectivity index (χ3n) is 3.22. The SMILES string of the molecule is COc1ccc2c(O)nc(-c3ccc(N)cc3)cc2c1. The number of benzene rings is 2. The fourth-order valence-electron chi connectivity index (χ4n) is 2.15. The van der Waals surface area contributed by atoms with Crippen molar-refractivity contribution >= 4 is 16.5 Å². The molecule has 0 aliphatic heterocycles. The summed E-state index contributed by atoms with van der Waals surface area (Å²) in [6.45, 7) is 0. The molecule has 0 aliphatic rings. The molecule has 100 valence electrons. The second-order valence-corrected chi connectivity index (χ2v) is 4.54. The minimum atomic E-state index is 0.0111. The van der Waals surface area contributed by atoms with Crippen molar-refractivity contribution in [3.63, 3.8) is 0 Å². The largest absolute Gasteiger partial charge is 0.497 e. The molecule has 3 N–H and O–H groups in total. The first-order valence-electron chi connectivity index (χ1n) is 6.21. The van der Waals surface area contributed by atoms with Gasteiger partial charge in [0, 0.05) is 16.6 Å². The summed E-state index contributed by atoms with van der Waals surface area (Å²) in [5, 5.41) is 11.6. The number of methoxy groups -OCH3 is 1. The van der Waals surface area contributed by atoms with Crippen LogP contribution < -0.4 is 10.5 Å². The van der Waals surface area contributed by atoms with Crippen LogP contribution in [0.2, 0.25) is 0 Å². The van der Waals surface area contributed by atoms with Crippen molar-refractivity contribution in [2.45, 2.75) is 0 Å². The molecule has 1 aromatic heterocycles. The summed E-state index contributed by atoms with van der Waals surface area (Å²) in [6, 6.07) is 14.8. The monoisotopic (exact) mass is 266 g/mol. The molecule has 2 aromatic carbocycles. The van der Waals surface area contributed by atoms with Crippen molar-refractivity contribution in [2.75, 3.05) is 12.8 Å². The lowest BCUT2D eigenvalue weighted by Crippen LogP contribution is -1.89. The van der Waals surface area contributed by atoms with Crippen LogP contribution in [-0.2, 0) is 0 Å². The molecule has 1 heterocycles. The van der Waals surface area contributed by atoms with E-state index in [1.807, 2.05) is 36.4 Å². The summed E-state index contributed by atoms with van der Waals surface area (Å²) in [7, 11) is 1.61. The van der Waals surface area contributed by atoms with Gasteiger partial charge in [-0.25, -0.2) is 4.98 Å². The maximum atomic E-state index is 10.1. The van der Waals surface area contributed by atoms with Crippen molar-refractivity contribution < 1.29 is 9.84 Å². The predicted octanol–water partition coefficient (Wildman–Crippen LogP) is 3.20. The van der Waals surface area contributed by atoms with Crippen molar-refractivity contribution in [3.8, 4) is 22.9 Å². The van der Waals surface area contributed by atoms with Gasteiger partial charge in [0.05, 0.1) is 12.8 Å². The lowest BCUT2D eigenvalue weighted by atomic mass is 10.1. The molecule has 0 bridgehead atoms. The maximum absolute atomic E-state index is 10.1. The second kappa shape index (κ2) is 4.74. The molecule has 20 heavy (non-hydrogen) atoms. The Labute approximate surface area is 116 Å². The molecule has 3 aromatic rings. The highest BCUT2D eigenvalue weighted by atomic mass is 16.5. The van der Waals surface area contributed by atoms with Crippen LogP contribution in [0.4, 0.5) is 5.69 Å². The zero-order valence-corrected chi connectivity index (χ0v) is 11.0. The van der Waals surface area contributed by atoms with Gasteiger partial charge in [-0.3, -0.25) is 0 Å². The van der Waals surface area contributed by atoms with Crippen LogP contribution in [0.15, 0.2) is 48.5 Å². The van der Waals surface area contributed by atoms with E-state index in [0.717, 1.165) is 16.7 Å². The number of aromatic nitrogens is 1. The van der Waals surface area contributed by atoms with E-state index in [2.05, 4.69) is 4.98 Å². The maximum Gasteiger partial charge on any atom is 0.219 e. The summed E-state index contributed by atoms with van der Waals surface area (Å²) >= 11 is 0. The van der Waals surface area contributed by atoms with Gasteiger partial charge in [-0.2, -0.15) is 0 Å². The first-order valence-corrected chi connectivity index (χ1v) is 6.21. The molecule has 4 heteroatoms. The van der Waals surface area contributed by atoms with Crippen molar-refractivity contribution in [1.29, 1.82) is 0 Å². The third kappa shape index (κ3) is 2.12. The number of nitrogen functional groups attached to an aromatic ring is 1. The smallest absolute Gasteiger partial charge is 0.219 e. The van der Waals surface area contributed by atoms with E-state index in [4.69, 9.17) is 10.5 Å². The topological polar surface area (TPSA) is 68.4 Å². The molecular weight excluding hydrogens is 252 g/mol. The summed E-state index contributed by atoms with van der Waals surface area (Å²) < 4.78 is 5.20. The molecule has 0 saturated carbocycles. The Kier molecular flexibility index (Phi) is 2.91. The van der Waals surface area contributed by atoms with Gasteiger partial charge in [0.25, 0.3) is 0 Å². The molecule has 0 aliphatic carbocycles. The molecule has 3 rings (SSSR count). The standard InChI is InChI=1S/C16H14N2O2/c1-20-13-6-7-14-11(8-13)9-15(18-16(14)19)10-2-4-12(17)5-3-10/h2-9H,17H2,1H3,(H,18,19). The zero-order valence-electron chi connectivity index (χ0n) is 11.0. The highest BCUT2D eigenvalue weighted by Crippen LogP contribution is 2.31. The van der Waals surface area contributed by atoms with Crippen LogP contribution in [0.25, 0.3) is 22.0 Å². The quantitative estimate of drug-likeness (QED) is 0.699. The highest BCUT2D eigenvalue weighted by Gasteiger charge is 2.07. The Bertz CT molecular complexity index is 767. The van der Waals surface area contributed by atoms with Crippen LogP contribution in [0.1, 0.15) is 0 Å². The van der Waals surface area contributed by atoms with E-state index in [1.165, 1.54) is 0 Å². The number of aromatic hydroxyl groups is 1. The number of rotatable bonds is 2. The number of ether oxygens (including phenoxy) is 1. The van der Waals surface area contributed by atoms with Gasteiger partial charge in [-0.05, 0) is 41.8 Å². The van der Waals surface area contributed by atoms with Crippen LogP contribution >= 0.6 is 0 Å². The van der Waals surface area contributed by atoms with Crippen LogP contribution in [0.5, 0.6) is 11.6 Å². The third-order valence-corrected chi connectivity index (χ3v) is 3.22. The summed E-state index contributed by atoms with van der Waals surface area (Å²) in [5.74, 6) is 0.753. The van der Waals surface area contributed by atoms with Gasteiger partial charge in [0.2, 0.25) is 5.88 Å². The Morgan fingerprint density at radius 2 is 1.80 bits per heavy atom. The van der Waals surface area contributed by atoms with Crippen LogP contribution in [-0.4, -0.2) is 17.2 Å². The molecular formula is C16H14N2O2. The van der Waals surface area contributed by atoms with E-state index < -0.39 is 0 Å². The molecule has 0 radical (unpaired) electrons. The fourth-order valence-corrected chi connectivity index (χ4v) is 2.15. The number of nitrogens with two attached hydrogens (primary N) is 1.